The predicted octanol–water partition coefficient (Wildman–Crippen LogP) is 3.18. The minimum absolute atomic E-state index is 0.000225. The summed E-state index contributed by atoms with van der Waals surface area (Å²) in [6.07, 6.45) is 1.84. The second-order valence-electron chi connectivity index (χ2n) is 6.72. The molecule has 2 aliphatic heterocycles. The fraction of sp³-hybridized carbons (Fsp3) is 0.333. The molecule has 0 N–H and O–H groups in total. The van der Waals surface area contributed by atoms with E-state index in [1.807, 2.05) is 24.3 Å². The number of aryl methyl sites for hydroxylation is 1. The molecule has 0 saturated heterocycles. The van der Waals surface area contributed by atoms with E-state index in [1.165, 1.54) is 0 Å². The highest BCUT2D eigenvalue weighted by Crippen LogP contribution is 2.38. The first-order valence-corrected chi connectivity index (χ1v) is 9.61. The minimum atomic E-state index is -0.494. The second kappa shape index (κ2) is 8.10. The summed E-state index contributed by atoms with van der Waals surface area (Å²) in [6.45, 7) is 1.22. The van der Waals surface area contributed by atoms with E-state index in [9.17, 15) is 9.59 Å². The number of rotatable bonds is 4. The Morgan fingerprint density at radius 2 is 1.96 bits per heavy atom. The van der Waals surface area contributed by atoms with Crippen molar-refractivity contribution < 1.29 is 23.8 Å². The third-order valence-corrected chi connectivity index (χ3v) is 5.05. The zero-order valence-electron chi connectivity index (χ0n) is 15.3. The predicted molar refractivity (Wildman–Crippen MR) is 104 cm³/mol. The summed E-state index contributed by atoms with van der Waals surface area (Å²) in [7, 11) is 0. The van der Waals surface area contributed by atoms with Crippen LogP contribution >= 0.6 is 11.6 Å². The van der Waals surface area contributed by atoms with Gasteiger partial charge < -0.3 is 19.1 Å². The Bertz CT molecular complexity index is 914. The van der Waals surface area contributed by atoms with Gasteiger partial charge in [-0.1, -0.05) is 29.8 Å². The lowest BCUT2D eigenvalue weighted by molar-refractivity contribution is -0.147. The Morgan fingerprint density at radius 3 is 2.86 bits per heavy atom. The Labute approximate surface area is 167 Å². The highest BCUT2D eigenvalue weighted by Gasteiger charge is 2.23. The van der Waals surface area contributed by atoms with Gasteiger partial charge in [0.15, 0.2) is 18.1 Å². The van der Waals surface area contributed by atoms with E-state index in [-0.39, 0.29) is 18.9 Å². The number of fused-ring (bicyclic) bond motifs is 2. The van der Waals surface area contributed by atoms with E-state index >= 15 is 0 Å². The molecular weight excluding hydrogens is 382 g/mol. The number of esters is 1. The maximum absolute atomic E-state index is 12.6. The molecule has 0 aliphatic carbocycles. The van der Waals surface area contributed by atoms with E-state index < -0.39 is 5.97 Å². The Morgan fingerprint density at radius 1 is 1.14 bits per heavy atom. The van der Waals surface area contributed by atoms with Crippen LogP contribution in [-0.2, 0) is 27.2 Å². The van der Waals surface area contributed by atoms with Crippen molar-refractivity contribution in [2.45, 2.75) is 19.3 Å². The number of amides is 1. The summed E-state index contributed by atoms with van der Waals surface area (Å²) in [5.41, 5.74) is 2.68. The van der Waals surface area contributed by atoms with Gasteiger partial charge in [-0.3, -0.25) is 9.59 Å². The second-order valence-corrected chi connectivity index (χ2v) is 7.12. The van der Waals surface area contributed by atoms with Gasteiger partial charge in [-0.05, 0) is 42.2 Å². The van der Waals surface area contributed by atoms with Crippen LogP contribution in [0.15, 0.2) is 36.4 Å². The highest BCUT2D eigenvalue weighted by atomic mass is 35.5. The lowest BCUT2D eigenvalue weighted by atomic mass is 10.0. The molecule has 0 fully saturated rings. The molecule has 0 spiro atoms. The van der Waals surface area contributed by atoms with Crippen LogP contribution in [0.5, 0.6) is 11.5 Å². The van der Waals surface area contributed by atoms with Crippen LogP contribution in [0.2, 0.25) is 5.02 Å². The zero-order valence-corrected chi connectivity index (χ0v) is 16.0. The number of anilines is 1. The van der Waals surface area contributed by atoms with Crippen LogP contribution in [0.1, 0.15) is 17.5 Å². The topological polar surface area (TPSA) is 65.1 Å². The summed E-state index contributed by atoms with van der Waals surface area (Å²) < 4.78 is 16.2. The SMILES string of the molecule is O=C(Cc1cc(Cl)c2c(c1)OCCO2)OCC(=O)N1CCCc2ccccc21. The summed E-state index contributed by atoms with van der Waals surface area (Å²) in [6, 6.07) is 11.2. The van der Waals surface area contributed by atoms with Crippen LogP contribution in [0.25, 0.3) is 0 Å². The number of hydrogen-bond donors (Lipinski definition) is 0. The molecule has 7 heteroatoms. The number of ether oxygens (including phenoxy) is 3. The number of para-hydroxylation sites is 1. The van der Waals surface area contributed by atoms with Crippen molar-refractivity contribution in [3.05, 3.63) is 52.5 Å². The van der Waals surface area contributed by atoms with E-state index in [1.54, 1.807) is 17.0 Å². The molecule has 28 heavy (non-hydrogen) atoms. The summed E-state index contributed by atoms with van der Waals surface area (Å²) in [5.74, 6) is 0.290. The van der Waals surface area contributed by atoms with Crippen LogP contribution in [-0.4, -0.2) is 38.2 Å². The first kappa shape index (κ1) is 18.6. The van der Waals surface area contributed by atoms with Crippen molar-refractivity contribution in [3.8, 4) is 11.5 Å². The third-order valence-electron chi connectivity index (χ3n) is 4.77. The summed E-state index contributed by atoms with van der Waals surface area (Å²) >= 11 is 6.19. The smallest absolute Gasteiger partial charge is 0.310 e. The van der Waals surface area contributed by atoms with Crippen LogP contribution < -0.4 is 14.4 Å². The van der Waals surface area contributed by atoms with E-state index in [2.05, 4.69) is 0 Å². The van der Waals surface area contributed by atoms with Gasteiger partial charge in [0.1, 0.15) is 13.2 Å². The molecule has 0 saturated carbocycles. The number of nitrogens with zero attached hydrogens (tertiary/aromatic N) is 1. The molecule has 0 bridgehead atoms. The molecule has 2 heterocycles. The lowest BCUT2D eigenvalue weighted by Gasteiger charge is -2.29. The number of benzene rings is 2. The molecule has 6 nitrogen and oxygen atoms in total. The molecule has 2 aliphatic rings. The summed E-state index contributed by atoms with van der Waals surface area (Å²) in [5, 5.41) is 0.390. The lowest BCUT2D eigenvalue weighted by Crippen LogP contribution is -2.38. The maximum Gasteiger partial charge on any atom is 0.310 e. The largest absolute Gasteiger partial charge is 0.486 e. The van der Waals surface area contributed by atoms with Gasteiger partial charge in [0, 0.05) is 12.2 Å². The number of halogens is 1. The molecule has 0 aromatic heterocycles. The van der Waals surface area contributed by atoms with Crippen molar-refractivity contribution in [1.29, 1.82) is 0 Å². The third kappa shape index (κ3) is 3.92. The fourth-order valence-electron chi connectivity index (χ4n) is 3.50. The average molecular weight is 402 g/mol. The van der Waals surface area contributed by atoms with Gasteiger partial charge in [0.05, 0.1) is 11.4 Å². The molecule has 4 rings (SSSR count). The number of hydrogen-bond acceptors (Lipinski definition) is 5. The average Bonchev–Trinajstić information content (AvgIpc) is 2.71. The first-order chi connectivity index (χ1) is 13.6. The van der Waals surface area contributed by atoms with Gasteiger partial charge in [-0.15, -0.1) is 0 Å². The van der Waals surface area contributed by atoms with Gasteiger partial charge in [0.2, 0.25) is 0 Å². The summed E-state index contributed by atoms with van der Waals surface area (Å²) in [4.78, 5) is 26.5. The quantitative estimate of drug-likeness (QED) is 0.736. The molecule has 146 valence electrons. The molecule has 0 radical (unpaired) electrons. The van der Waals surface area contributed by atoms with Crippen LogP contribution in [0.4, 0.5) is 5.69 Å². The van der Waals surface area contributed by atoms with Crippen molar-refractivity contribution in [2.75, 3.05) is 31.3 Å². The van der Waals surface area contributed by atoms with Gasteiger partial charge >= 0.3 is 5.97 Å². The Kier molecular flexibility index (Phi) is 5.39. The fourth-order valence-corrected chi connectivity index (χ4v) is 3.78. The van der Waals surface area contributed by atoms with Crippen LogP contribution in [0.3, 0.4) is 0 Å². The monoisotopic (exact) mass is 401 g/mol. The Balaban J connectivity index is 1.36. The molecule has 0 atom stereocenters. The van der Waals surface area contributed by atoms with Crippen molar-refractivity contribution >= 4 is 29.2 Å². The Hall–Kier alpha value is -2.73. The molecule has 1 amide bonds. The van der Waals surface area contributed by atoms with Gasteiger partial charge in [-0.2, -0.15) is 0 Å². The molecule has 0 unspecified atom stereocenters. The van der Waals surface area contributed by atoms with Crippen molar-refractivity contribution in [2.24, 2.45) is 0 Å². The van der Waals surface area contributed by atoms with E-state index in [0.29, 0.717) is 41.8 Å². The molecule has 2 aromatic carbocycles. The molecule has 2 aromatic rings. The normalized spacial score (nSPS) is 15.0. The maximum atomic E-state index is 12.6. The standard InChI is InChI=1S/C21H20ClNO5/c22-16-10-14(11-18-21(16)27-9-8-26-18)12-20(25)28-13-19(24)23-7-3-5-15-4-1-2-6-17(15)23/h1-2,4,6,10-11H,3,5,7-9,12-13H2. The van der Waals surface area contributed by atoms with Crippen molar-refractivity contribution in [1.82, 2.24) is 0 Å². The van der Waals surface area contributed by atoms with Crippen LogP contribution in [0, 0.1) is 0 Å². The van der Waals surface area contributed by atoms with Gasteiger partial charge in [0.25, 0.3) is 5.91 Å². The number of carbonyl (C=O) groups is 2. The highest BCUT2D eigenvalue weighted by molar-refractivity contribution is 6.32. The van der Waals surface area contributed by atoms with E-state index in [4.69, 9.17) is 25.8 Å². The van der Waals surface area contributed by atoms with Gasteiger partial charge in [-0.25, -0.2) is 0 Å². The van der Waals surface area contributed by atoms with Crippen molar-refractivity contribution in [3.63, 3.8) is 0 Å². The minimum Gasteiger partial charge on any atom is -0.486 e. The molecular formula is C21H20ClNO5. The zero-order chi connectivity index (χ0) is 19.5. The first-order valence-electron chi connectivity index (χ1n) is 9.24. The number of carbonyl (C=O) groups excluding carboxylic acids is 2. The van der Waals surface area contributed by atoms with E-state index in [0.717, 1.165) is 24.1 Å².